The molecule has 4 rings (SSSR count). The number of nitrogens with two attached hydrogens (primary N) is 1. The average molecular weight is 377 g/mol. The number of pyridine rings is 1. The molecule has 0 aliphatic carbocycles. The smallest absolute Gasteiger partial charge is 0.350 e. The summed E-state index contributed by atoms with van der Waals surface area (Å²) < 4.78 is 4.79. The quantitative estimate of drug-likeness (QED) is 0.520. The van der Waals surface area contributed by atoms with Crippen molar-refractivity contribution < 1.29 is 9.53 Å². The van der Waals surface area contributed by atoms with Crippen molar-refractivity contribution in [1.82, 2.24) is 15.2 Å². The third-order valence-corrected chi connectivity index (χ3v) is 5.12. The number of carbonyl (C=O) groups excluding carboxylic acids is 1. The second-order valence-corrected chi connectivity index (χ2v) is 6.69. The average Bonchev–Trinajstić information content (AvgIpc) is 3.06. The first-order chi connectivity index (χ1) is 13.2. The van der Waals surface area contributed by atoms with Gasteiger partial charge in [0.1, 0.15) is 9.71 Å². The molecule has 0 aliphatic rings. The van der Waals surface area contributed by atoms with Crippen LogP contribution in [0, 0.1) is 0 Å². The van der Waals surface area contributed by atoms with Crippen molar-refractivity contribution in [2.75, 3.05) is 18.2 Å². The van der Waals surface area contributed by atoms with E-state index in [0.717, 1.165) is 11.1 Å². The molecule has 7 nitrogen and oxygen atoms in total. The van der Waals surface area contributed by atoms with Gasteiger partial charge in [-0.15, -0.1) is 16.4 Å². The fourth-order valence-electron chi connectivity index (χ4n) is 2.75. The predicted molar refractivity (Wildman–Crippen MR) is 106 cm³/mol. The molecule has 0 atom stereocenters. The number of thiophene rings is 1. The molecule has 0 bridgehead atoms. The van der Waals surface area contributed by atoms with Crippen LogP contribution in [-0.2, 0) is 4.74 Å². The Morgan fingerprint density at radius 2 is 2.00 bits per heavy atom. The number of nitrogen functional groups attached to an aromatic ring is 1. The van der Waals surface area contributed by atoms with Crippen LogP contribution in [0.15, 0.2) is 54.9 Å². The lowest BCUT2D eigenvalue weighted by molar-refractivity contribution is 0.0607. The summed E-state index contributed by atoms with van der Waals surface area (Å²) >= 11 is 1.19. The van der Waals surface area contributed by atoms with Gasteiger partial charge in [0.25, 0.3) is 0 Å². The van der Waals surface area contributed by atoms with Gasteiger partial charge in [-0.3, -0.25) is 0 Å². The van der Waals surface area contributed by atoms with Crippen LogP contribution in [0.2, 0.25) is 0 Å². The maximum absolute atomic E-state index is 11.9. The monoisotopic (exact) mass is 377 g/mol. The third-order valence-electron chi connectivity index (χ3n) is 4.02. The molecule has 4 aromatic rings. The zero-order chi connectivity index (χ0) is 18.8. The predicted octanol–water partition coefficient (Wildman–Crippen LogP) is 3.87. The van der Waals surface area contributed by atoms with E-state index in [1.807, 2.05) is 36.4 Å². The number of hydrogen-bond donors (Lipinski definition) is 2. The van der Waals surface area contributed by atoms with E-state index in [1.165, 1.54) is 18.4 Å². The van der Waals surface area contributed by atoms with Gasteiger partial charge in [0.2, 0.25) is 0 Å². The number of anilines is 3. The summed E-state index contributed by atoms with van der Waals surface area (Å²) in [6, 6.07) is 13.6. The van der Waals surface area contributed by atoms with Gasteiger partial charge in [0.15, 0.2) is 5.82 Å². The number of nitrogens with zero attached hydrogens (tertiary/aromatic N) is 3. The van der Waals surface area contributed by atoms with Crippen LogP contribution >= 0.6 is 11.3 Å². The Kier molecular flexibility index (Phi) is 4.39. The van der Waals surface area contributed by atoms with E-state index < -0.39 is 5.97 Å². The first kappa shape index (κ1) is 16.9. The number of rotatable bonds is 4. The minimum atomic E-state index is -0.479. The Morgan fingerprint density at radius 3 is 2.78 bits per heavy atom. The Hall–Kier alpha value is -3.52. The summed E-state index contributed by atoms with van der Waals surface area (Å²) in [6.45, 7) is 0. The van der Waals surface area contributed by atoms with E-state index in [2.05, 4.69) is 20.5 Å². The normalized spacial score (nSPS) is 10.7. The molecule has 0 aliphatic heterocycles. The fourth-order valence-corrected chi connectivity index (χ4v) is 3.76. The number of carbonyl (C=O) groups is 1. The summed E-state index contributed by atoms with van der Waals surface area (Å²) in [6.07, 6.45) is 3.35. The third kappa shape index (κ3) is 3.18. The fraction of sp³-hybridized carbons (Fsp3) is 0.0526. The molecule has 134 valence electrons. The van der Waals surface area contributed by atoms with Crippen LogP contribution in [0.25, 0.3) is 21.3 Å². The number of methoxy groups -OCH3 is 1. The molecule has 0 spiro atoms. The molecule has 3 aromatic heterocycles. The molecule has 3 heterocycles. The lowest BCUT2D eigenvalue weighted by Gasteiger charge is -2.08. The first-order valence-electron chi connectivity index (χ1n) is 8.08. The van der Waals surface area contributed by atoms with Gasteiger partial charge < -0.3 is 15.8 Å². The van der Waals surface area contributed by atoms with Crippen LogP contribution in [-0.4, -0.2) is 28.3 Å². The molecule has 3 N–H and O–H groups in total. The number of ether oxygens (including phenoxy) is 1. The van der Waals surface area contributed by atoms with Gasteiger partial charge in [-0.1, -0.05) is 30.3 Å². The molecular formula is C19H15N5O2S. The summed E-state index contributed by atoms with van der Waals surface area (Å²) in [5.41, 5.74) is 9.20. The van der Waals surface area contributed by atoms with E-state index >= 15 is 0 Å². The molecule has 0 saturated heterocycles. The Morgan fingerprint density at radius 1 is 1.19 bits per heavy atom. The van der Waals surface area contributed by atoms with Gasteiger partial charge >= 0.3 is 5.97 Å². The molecule has 0 unspecified atom stereocenters. The van der Waals surface area contributed by atoms with Crippen molar-refractivity contribution in [3.8, 4) is 11.1 Å². The topological polar surface area (TPSA) is 103 Å². The van der Waals surface area contributed by atoms with Crippen LogP contribution < -0.4 is 11.1 Å². The lowest BCUT2D eigenvalue weighted by atomic mass is 10.1. The number of fused-ring (bicyclic) bond motifs is 1. The van der Waals surface area contributed by atoms with Gasteiger partial charge in [-0.2, -0.15) is 5.10 Å². The second-order valence-electron chi connectivity index (χ2n) is 5.70. The van der Waals surface area contributed by atoms with Crippen molar-refractivity contribution in [3.05, 3.63) is 59.7 Å². The summed E-state index contributed by atoms with van der Waals surface area (Å²) in [5.74, 6) is 0.0846. The highest BCUT2D eigenvalue weighted by atomic mass is 32.1. The molecule has 0 fully saturated rings. The van der Waals surface area contributed by atoms with Crippen molar-refractivity contribution in [3.63, 3.8) is 0 Å². The highest BCUT2D eigenvalue weighted by Crippen LogP contribution is 2.38. The van der Waals surface area contributed by atoms with E-state index in [9.17, 15) is 4.79 Å². The highest BCUT2D eigenvalue weighted by molar-refractivity contribution is 7.21. The Balaban J connectivity index is 1.74. The van der Waals surface area contributed by atoms with Gasteiger partial charge in [-0.05, 0) is 17.7 Å². The number of hydrogen-bond acceptors (Lipinski definition) is 8. The summed E-state index contributed by atoms with van der Waals surface area (Å²) in [5, 5.41) is 12.1. The van der Waals surface area contributed by atoms with E-state index in [4.69, 9.17) is 10.5 Å². The molecule has 27 heavy (non-hydrogen) atoms. The zero-order valence-electron chi connectivity index (χ0n) is 14.3. The standard InChI is InChI=1S/C19H15N5O2S/c1-26-19(25)17-16(20)15-13(7-8-21-18(15)27-17)23-14-9-12(10-22-24-14)11-5-3-2-4-6-11/h2-10H,20H2,1H3,(H,21,23,24). The molecule has 0 amide bonds. The SMILES string of the molecule is COC(=O)c1sc2nccc(Nc3cc(-c4ccccc4)cnn3)c2c1N. The molecule has 1 aromatic carbocycles. The zero-order valence-corrected chi connectivity index (χ0v) is 15.2. The van der Waals surface area contributed by atoms with Gasteiger partial charge in [0.05, 0.1) is 30.1 Å². The molecule has 8 heteroatoms. The van der Waals surface area contributed by atoms with Crippen molar-refractivity contribution >= 4 is 44.7 Å². The number of esters is 1. The van der Waals surface area contributed by atoms with Crippen LogP contribution in [0.3, 0.4) is 0 Å². The molecule has 0 radical (unpaired) electrons. The number of nitrogens with one attached hydrogen (secondary N) is 1. The minimum absolute atomic E-state index is 0.332. The maximum Gasteiger partial charge on any atom is 0.350 e. The van der Waals surface area contributed by atoms with Crippen LogP contribution in [0.4, 0.5) is 17.2 Å². The van der Waals surface area contributed by atoms with Crippen LogP contribution in [0.1, 0.15) is 9.67 Å². The second kappa shape index (κ2) is 7.00. The van der Waals surface area contributed by atoms with Crippen molar-refractivity contribution in [1.29, 1.82) is 0 Å². The largest absolute Gasteiger partial charge is 0.465 e. The number of benzene rings is 1. The van der Waals surface area contributed by atoms with E-state index in [0.29, 0.717) is 32.3 Å². The first-order valence-corrected chi connectivity index (χ1v) is 8.89. The molecule has 0 saturated carbocycles. The number of aromatic nitrogens is 3. The summed E-state index contributed by atoms with van der Waals surface area (Å²) in [4.78, 5) is 17.2. The van der Waals surface area contributed by atoms with Crippen molar-refractivity contribution in [2.45, 2.75) is 0 Å². The highest BCUT2D eigenvalue weighted by Gasteiger charge is 2.20. The van der Waals surface area contributed by atoms with E-state index in [1.54, 1.807) is 18.5 Å². The summed E-state index contributed by atoms with van der Waals surface area (Å²) in [7, 11) is 1.32. The van der Waals surface area contributed by atoms with Gasteiger partial charge in [-0.25, -0.2) is 9.78 Å². The molecular weight excluding hydrogens is 362 g/mol. The Bertz CT molecular complexity index is 1130. The van der Waals surface area contributed by atoms with Crippen LogP contribution in [0.5, 0.6) is 0 Å². The minimum Gasteiger partial charge on any atom is -0.465 e. The lowest BCUT2D eigenvalue weighted by Crippen LogP contribution is -2.02. The van der Waals surface area contributed by atoms with Crippen molar-refractivity contribution in [2.24, 2.45) is 0 Å². The Labute approximate surface area is 158 Å². The maximum atomic E-state index is 11.9. The van der Waals surface area contributed by atoms with E-state index in [-0.39, 0.29) is 0 Å². The van der Waals surface area contributed by atoms with Gasteiger partial charge in [0, 0.05) is 11.8 Å².